The van der Waals surface area contributed by atoms with E-state index in [1.807, 2.05) is 0 Å². The van der Waals surface area contributed by atoms with Gasteiger partial charge in [0.25, 0.3) is 5.56 Å². The Balaban J connectivity index is 2.31. The number of rotatable bonds is 8. The van der Waals surface area contributed by atoms with Crippen molar-refractivity contribution in [1.29, 1.82) is 0 Å². The third kappa shape index (κ3) is 3.80. The Morgan fingerprint density at radius 2 is 2.13 bits per heavy atom. The van der Waals surface area contributed by atoms with Crippen LogP contribution in [0.2, 0.25) is 0 Å². The predicted octanol–water partition coefficient (Wildman–Crippen LogP) is -0.655. The summed E-state index contributed by atoms with van der Waals surface area (Å²) in [5.74, 6) is 0.421. The number of aliphatic hydroxyl groups is 1. The lowest BCUT2D eigenvalue weighted by atomic mass is 10.2. The van der Waals surface area contributed by atoms with E-state index in [-0.39, 0.29) is 11.7 Å². The maximum absolute atomic E-state index is 12.5. The predicted molar refractivity (Wildman–Crippen MR) is 88.7 cm³/mol. The minimum absolute atomic E-state index is 0.294. The third-order valence-corrected chi connectivity index (χ3v) is 3.67. The van der Waals surface area contributed by atoms with Gasteiger partial charge in [-0.25, -0.2) is 4.79 Å². The fourth-order valence-corrected chi connectivity index (χ4v) is 2.43. The number of hydrogen-bond acceptors (Lipinski definition) is 6. The van der Waals surface area contributed by atoms with Crippen molar-refractivity contribution in [3.8, 4) is 0 Å². The molecule has 0 saturated carbocycles. The highest BCUT2D eigenvalue weighted by Gasteiger charge is 2.15. The summed E-state index contributed by atoms with van der Waals surface area (Å²) in [7, 11) is 1.59. The molecule has 0 aliphatic rings. The van der Waals surface area contributed by atoms with E-state index in [0.29, 0.717) is 49.6 Å². The van der Waals surface area contributed by atoms with Crippen LogP contribution in [0.3, 0.4) is 0 Å². The lowest BCUT2D eigenvalue weighted by Gasteiger charge is -2.08. The second kappa shape index (κ2) is 7.42. The van der Waals surface area contributed by atoms with Gasteiger partial charge in [0.1, 0.15) is 0 Å². The van der Waals surface area contributed by atoms with E-state index < -0.39 is 5.69 Å². The number of aliphatic hydroxyl groups excluding tert-OH is 1. The van der Waals surface area contributed by atoms with Crippen molar-refractivity contribution < 1.29 is 5.11 Å². The monoisotopic (exact) mass is 324 g/mol. The quantitative estimate of drug-likeness (QED) is 0.477. The molecule has 1 atom stereocenters. The normalized spacial score (nSPS) is 12.7. The van der Waals surface area contributed by atoms with Crippen molar-refractivity contribution in [2.75, 3.05) is 18.4 Å². The van der Waals surface area contributed by atoms with Gasteiger partial charge in [0.05, 0.1) is 6.10 Å². The summed E-state index contributed by atoms with van der Waals surface area (Å²) in [6, 6.07) is 0. The number of aromatic amines is 1. The summed E-state index contributed by atoms with van der Waals surface area (Å²) in [5, 5.41) is 12.2. The molecule has 9 nitrogen and oxygen atoms in total. The van der Waals surface area contributed by atoms with Gasteiger partial charge in [0, 0.05) is 26.7 Å². The van der Waals surface area contributed by atoms with Crippen molar-refractivity contribution in [1.82, 2.24) is 19.1 Å². The van der Waals surface area contributed by atoms with Gasteiger partial charge in [-0.3, -0.25) is 13.9 Å². The molecule has 2 aromatic heterocycles. The van der Waals surface area contributed by atoms with Gasteiger partial charge >= 0.3 is 5.69 Å². The van der Waals surface area contributed by atoms with Crippen LogP contribution in [-0.4, -0.2) is 43.4 Å². The van der Waals surface area contributed by atoms with E-state index >= 15 is 0 Å². The molecule has 0 aliphatic heterocycles. The largest absolute Gasteiger partial charge is 0.393 e. The molecule has 1 unspecified atom stereocenters. The van der Waals surface area contributed by atoms with Crippen LogP contribution in [0.25, 0.3) is 11.2 Å². The third-order valence-electron chi connectivity index (χ3n) is 3.67. The second-order valence-electron chi connectivity index (χ2n) is 5.64. The van der Waals surface area contributed by atoms with Crippen LogP contribution in [-0.2, 0) is 13.6 Å². The number of nitrogens with one attached hydrogen (secondary N) is 2. The molecule has 2 aromatic rings. The number of hydrogen-bond donors (Lipinski definition) is 4. The van der Waals surface area contributed by atoms with Crippen molar-refractivity contribution in [2.24, 2.45) is 12.8 Å². The summed E-state index contributed by atoms with van der Waals surface area (Å²) in [5.41, 5.74) is 5.26. The van der Waals surface area contributed by atoms with E-state index in [1.54, 1.807) is 14.0 Å². The average Bonchev–Trinajstić information content (AvgIpc) is 2.94. The highest BCUT2D eigenvalue weighted by Crippen LogP contribution is 2.08. The Hall–Kier alpha value is -2.13. The van der Waals surface area contributed by atoms with Gasteiger partial charge in [-0.05, 0) is 26.2 Å². The summed E-state index contributed by atoms with van der Waals surface area (Å²) >= 11 is 0. The number of nitrogens with two attached hydrogens (primary N) is 1. The highest BCUT2D eigenvalue weighted by atomic mass is 16.3. The zero-order chi connectivity index (χ0) is 17.0. The number of nitrogens with zero attached hydrogens (tertiary/aromatic N) is 3. The van der Waals surface area contributed by atoms with Gasteiger partial charge in [-0.2, -0.15) is 4.98 Å². The number of aromatic nitrogens is 4. The van der Waals surface area contributed by atoms with Gasteiger partial charge in [-0.15, -0.1) is 0 Å². The first-order valence-electron chi connectivity index (χ1n) is 7.77. The second-order valence-corrected chi connectivity index (χ2v) is 5.64. The molecule has 0 spiro atoms. The lowest BCUT2D eigenvalue weighted by molar-refractivity contribution is 0.180. The smallest absolute Gasteiger partial charge is 0.332 e. The molecule has 5 N–H and O–H groups in total. The molecule has 0 bridgehead atoms. The van der Waals surface area contributed by atoms with E-state index in [0.717, 1.165) is 6.42 Å². The average molecular weight is 324 g/mol. The Kier molecular flexibility index (Phi) is 5.56. The number of fused-ring (bicyclic) bond motifs is 1. The maximum atomic E-state index is 12.5. The molecule has 2 rings (SSSR count). The maximum Gasteiger partial charge on any atom is 0.332 e. The minimum Gasteiger partial charge on any atom is -0.393 e. The van der Waals surface area contributed by atoms with Crippen LogP contribution in [0, 0.1) is 0 Å². The van der Waals surface area contributed by atoms with Gasteiger partial charge in [-0.1, -0.05) is 0 Å². The SMILES string of the molecule is CC(O)CCCCn1c(=O)c2[nH]c(NCCN)nc2n(C)c1=O. The Bertz CT molecular complexity index is 773. The molecule has 9 heteroatoms. The van der Waals surface area contributed by atoms with Gasteiger partial charge in [0.2, 0.25) is 5.95 Å². The van der Waals surface area contributed by atoms with Crippen LogP contribution in [0.1, 0.15) is 26.2 Å². The minimum atomic E-state index is -0.392. The Morgan fingerprint density at radius 1 is 1.39 bits per heavy atom. The molecule has 0 radical (unpaired) electrons. The molecule has 23 heavy (non-hydrogen) atoms. The number of H-pyrrole nitrogens is 1. The molecule has 128 valence electrons. The van der Waals surface area contributed by atoms with Crippen molar-refractivity contribution >= 4 is 17.1 Å². The van der Waals surface area contributed by atoms with Crippen molar-refractivity contribution in [3.63, 3.8) is 0 Å². The Morgan fingerprint density at radius 3 is 2.78 bits per heavy atom. The summed E-state index contributed by atoms with van der Waals surface area (Å²) in [6.45, 7) is 2.99. The van der Waals surface area contributed by atoms with Crippen LogP contribution in [0.4, 0.5) is 5.95 Å². The van der Waals surface area contributed by atoms with Crippen molar-refractivity contribution in [3.05, 3.63) is 20.8 Å². The fraction of sp³-hybridized carbons (Fsp3) is 0.643. The standard InChI is InChI=1S/C14H24N6O3/c1-9(21)5-3-4-8-20-12(22)10-11(19(2)14(20)23)18-13(17-10)16-7-6-15/h9,21H,3-8,15H2,1-2H3,(H2,16,17,18). The number of imidazole rings is 1. The lowest BCUT2D eigenvalue weighted by Crippen LogP contribution is -2.39. The molecule has 0 aliphatic carbocycles. The zero-order valence-corrected chi connectivity index (χ0v) is 13.5. The van der Waals surface area contributed by atoms with Crippen LogP contribution >= 0.6 is 0 Å². The molecule has 0 saturated heterocycles. The van der Waals surface area contributed by atoms with E-state index in [9.17, 15) is 14.7 Å². The molecular weight excluding hydrogens is 300 g/mol. The van der Waals surface area contributed by atoms with E-state index in [2.05, 4.69) is 15.3 Å². The molecule has 0 amide bonds. The fourth-order valence-electron chi connectivity index (χ4n) is 2.43. The number of anilines is 1. The molecule has 2 heterocycles. The number of unbranched alkanes of at least 4 members (excludes halogenated alkanes) is 1. The van der Waals surface area contributed by atoms with E-state index in [4.69, 9.17) is 5.73 Å². The summed E-state index contributed by atoms with van der Waals surface area (Å²) in [4.78, 5) is 32.0. The summed E-state index contributed by atoms with van der Waals surface area (Å²) < 4.78 is 2.56. The zero-order valence-electron chi connectivity index (χ0n) is 13.5. The molecule has 0 fully saturated rings. The van der Waals surface area contributed by atoms with Crippen LogP contribution in [0.15, 0.2) is 9.59 Å². The van der Waals surface area contributed by atoms with Gasteiger partial charge in [0.15, 0.2) is 11.2 Å². The molecular formula is C14H24N6O3. The first-order chi connectivity index (χ1) is 11.0. The highest BCUT2D eigenvalue weighted by molar-refractivity contribution is 5.72. The van der Waals surface area contributed by atoms with E-state index in [1.165, 1.54) is 9.13 Å². The number of aryl methyl sites for hydroxylation is 1. The van der Waals surface area contributed by atoms with Crippen LogP contribution < -0.4 is 22.3 Å². The first-order valence-corrected chi connectivity index (χ1v) is 7.77. The van der Waals surface area contributed by atoms with Crippen LogP contribution in [0.5, 0.6) is 0 Å². The molecule has 0 aromatic carbocycles. The Labute approximate surface area is 133 Å². The first kappa shape index (κ1) is 17.2. The van der Waals surface area contributed by atoms with Crippen molar-refractivity contribution in [2.45, 2.75) is 38.8 Å². The summed E-state index contributed by atoms with van der Waals surface area (Å²) in [6.07, 6.45) is 1.67. The van der Waals surface area contributed by atoms with Gasteiger partial charge < -0.3 is 21.1 Å². The topological polar surface area (TPSA) is 131 Å².